The van der Waals surface area contributed by atoms with E-state index in [0.717, 1.165) is 33.3 Å². The first-order valence-corrected chi connectivity index (χ1v) is 10.4. The number of rotatable bonds is 4. The second-order valence-corrected chi connectivity index (χ2v) is 7.88. The monoisotopic (exact) mass is 402 g/mol. The number of ketones is 1. The first-order valence-electron chi connectivity index (χ1n) is 10.4. The van der Waals surface area contributed by atoms with E-state index in [0.29, 0.717) is 11.1 Å². The lowest BCUT2D eigenvalue weighted by molar-refractivity contribution is 0.103. The SMILES string of the molecule is Cc1ccc(C(=O)c2cnn(-c3cccc4ccccc34)c2-c2ccc(C)cc2)cc1. The number of fused-ring (bicyclic) bond motifs is 1. The van der Waals surface area contributed by atoms with Crippen molar-refractivity contribution in [3.63, 3.8) is 0 Å². The summed E-state index contributed by atoms with van der Waals surface area (Å²) in [6.07, 6.45) is 1.69. The minimum atomic E-state index is -0.0259. The predicted octanol–water partition coefficient (Wildman–Crippen LogP) is 6.54. The van der Waals surface area contributed by atoms with Gasteiger partial charge >= 0.3 is 0 Å². The molecule has 3 nitrogen and oxygen atoms in total. The van der Waals surface area contributed by atoms with Gasteiger partial charge in [0, 0.05) is 16.5 Å². The van der Waals surface area contributed by atoms with Gasteiger partial charge in [-0.2, -0.15) is 5.10 Å². The zero-order chi connectivity index (χ0) is 21.4. The molecule has 0 saturated carbocycles. The molecule has 0 aliphatic rings. The number of nitrogens with zero attached hydrogens (tertiary/aromatic N) is 2. The second kappa shape index (κ2) is 7.69. The molecule has 0 spiro atoms. The molecule has 0 aliphatic carbocycles. The van der Waals surface area contributed by atoms with Gasteiger partial charge in [0.05, 0.1) is 23.1 Å². The minimum absolute atomic E-state index is 0.0259. The second-order valence-electron chi connectivity index (χ2n) is 7.88. The lowest BCUT2D eigenvalue weighted by Crippen LogP contribution is -2.05. The highest BCUT2D eigenvalue weighted by Crippen LogP contribution is 2.31. The van der Waals surface area contributed by atoms with Crippen molar-refractivity contribution in [1.29, 1.82) is 0 Å². The summed E-state index contributed by atoms with van der Waals surface area (Å²) in [7, 11) is 0. The molecule has 0 fully saturated rings. The Balaban J connectivity index is 1.75. The molecule has 0 amide bonds. The van der Waals surface area contributed by atoms with Crippen LogP contribution in [0.3, 0.4) is 0 Å². The summed E-state index contributed by atoms with van der Waals surface area (Å²) in [6, 6.07) is 30.3. The molecular weight excluding hydrogens is 380 g/mol. The Bertz CT molecular complexity index is 1390. The van der Waals surface area contributed by atoms with Gasteiger partial charge in [-0.25, -0.2) is 4.68 Å². The number of carbonyl (C=O) groups excluding carboxylic acids is 1. The van der Waals surface area contributed by atoms with Crippen LogP contribution in [0.1, 0.15) is 27.0 Å². The summed E-state index contributed by atoms with van der Waals surface area (Å²) in [5.74, 6) is -0.0259. The van der Waals surface area contributed by atoms with Gasteiger partial charge in [-0.1, -0.05) is 96.1 Å². The molecule has 0 atom stereocenters. The van der Waals surface area contributed by atoms with Gasteiger partial charge in [0.15, 0.2) is 5.78 Å². The van der Waals surface area contributed by atoms with Crippen molar-refractivity contribution in [2.24, 2.45) is 0 Å². The number of benzene rings is 4. The highest BCUT2D eigenvalue weighted by molar-refractivity contribution is 6.12. The predicted molar refractivity (Wildman–Crippen MR) is 126 cm³/mol. The molecule has 0 unspecified atom stereocenters. The highest BCUT2D eigenvalue weighted by atomic mass is 16.1. The van der Waals surface area contributed by atoms with E-state index < -0.39 is 0 Å². The lowest BCUT2D eigenvalue weighted by atomic mass is 9.98. The number of aromatic nitrogens is 2. The molecule has 31 heavy (non-hydrogen) atoms. The largest absolute Gasteiger partial charge is 0.288 e. The van der Waals surface area contributed by atoms with E-state index in [1.165, 1.54) is 5.56 Å². The van der Waals surface area contributed by atoms with Crippen LogP contribution in [-0.2, 0) is 0 Å². The molecule has 0 N–H and O–H groups in total. The maximum absolute atomic E-state index is 13.5. The van der Waals surface area contributed by atoms with Gasteiger partial charge in [-0.15, -0.1) is 0 Å². The molecule has 5 aromatic rings. The van der Waals surface area contributed by atoms with Crippen molar-refractivity contribution in [2.75, 3.05) is 0 Å². The maximum Gasteiger partial charge on any atom is 0.196 e. The number of hydrogen-bond donors (Lipinski definition) is 0. The fourth-order valence-corrected chi connectivity index (χ4v) is 3.94. The maximum atomic E-state index is 13.5. The van der Waals surface area contributed by atoms with Crippen molar-refractivity contribution in [2.45, 2.75) is 13.8 Å². The first kappa shape index (κ1) is 19.0. The molecule has 0 radical (unpaired) electrons. The van der Waals surface area contributed by atoms with E-state index in [1.54, 1.807) is 6.20 Å². The summed E-state index contributed by atoms with van der Waals surface area (Å²) < 4.78 is 1.90. The van der Waals surface area contributed by atoms with Gasteiger partial charge in [0.25, 0.3) is 0 Å². The molecule has 1 heterocycles. The van der Waals surface area contributed by atoms with Crippen LogP contribution in [-0.4, -0.2) is 15.6 Å². The van der Waals surface area contributed by atoms with Gasteiger partial charge < -0.3 is 0 Å². The van der Waals surface area contributed by atoms with Crippen LogP contribution in [0.15, 0.2) is 97.2 Å². The zero-order valence-corrected chi connectivity index (χ0v) is 17.5. The molecule has 1 aromatic heterocycles. The Hall–Kier alpha value is -3.98. The van der Waals surface area contributed by atoms with Gasteiger partial charge in [0.2, 0.25) is 0 Å². The first-order chi connectivity index (χ1) is 15.1. The average Bonchev–Trinajstić information content (AvgIpc) is 3.24. The fraction of sp³-hybridized carbons (Fsp3) is 0.0714. The summed E-state index contributed by atoms with van der Waals surface area (Å²) in [5, 5.41) is 6.92. The van der Waals surface area contributed by atoms with Gasteiger partial charge in [0.1, 0.15) is 0 Å². The van der Waals surface area contributed by atoms with E-state index >= 15 is 0 Å². The van der Waals surface area contributed by atoms with E-state index in [9.17, 15) is 4.79 Å². The van der Waals surface area contributed by atoms with Crippen LogP contribution < -0.4 is 0 Å². The Morgan fingerprint density at radius 2 is 1.39 bits per heavy atom. The molecule has 5 rings (SSSR count). The van der Waals surface area contributed by atoms with Crippen molar-refractivity contribution in [3.8, 4) is 16.9 Å². The van der Waals surface area contributed by atoms with Crippen LogP contribution in [0.5, 0.6) is 0 Å². The van der Waals surface area contributed by atoms with Crippen LogP contribution in [0.4, 0.5) is 0 Å². The Labute approximate surface area is 181 Å². The normalized spacial score (nSPS) is 11.0. The third kappa shape index (κ3) is 3.44. The Morgan fingerprint density at radius 1 is 0.742 bits per heavy atom. The summed E-state index contributed by atoms with van der Waals surface area (Å²) in [5.41, 5.74) is 6.29. The molecule has 4 aromatic carbocycles. The molecule has 0 bridgehead atoms. The number of aryl methyl sites for hydroxylation is 2. The third-order valence-electron chi connectivity index (χ3n) is 5.65. The molecule has 150 valence electrons. The zero-order valence-electron chi connectivity index (χ0n) is 17.5. The molecular formula is C28H22N2O. The Morgan fingerprint density at radius 3 is 2.13 bits per heavy atom. The summed E-state index contributed by atoms with van der Waals surface area (Å²) >= 11 is 0. The van der Waals surface area contributed by atoms with E-state index in [4.69, 9.17) is 5.10 Å². The fourth-order valence-electron chi connectivity index (χ4n) is 3.94. The van der Waals surface area contributed by atoms with Crippen molar-refractivity contribution in [3.05, 3.63) is 119 Å². The standard InChI is InChI=1S/C28H22N2O/c1-19-10-14-22(15-11-19)27-25(28(31)23-16-12-20(2)13-17-23)18-29-30(27)26-9-5-7-21-6-3-4-8-24(21)26/h3-18H,1-2H3. The summed E-state index contributed by atoms with van der Waals surface area (Å²) in [4.78, 5) is 13.5. The van der Waals surface area contributed by atoms with Gasteiger partial charge in [-0.05, 0) is 25.3 Å². The number of carbonyl (C=O) groups is 1. The molecule has 0 aliphatic heterocycles. The Kier molecular flexibility index (Phi) is 4.72. The van der Waals surface area contributed by atoms with Crippen molar-refractivity contribution < 1.29 is 4.79 Å². The summed E-state index contributed by atoms with van der Waals surface area (Å²) in [6.45, 7) is 4.08. The van der Waals surface area contributed by atoms with Gasteiger partial charge in [-0.3, -0.25) is 4.79 Å². The molecule has 0 saturated heterocycles. The van der Waals surface area contributed by atoms with E-state index in [1.807, 2.05) is 60.1 Å². The van der Waals surface area contributed by atoms with Crippen LogP contribution in [0.25, 0.3) is 27.7 Å². The average molecular weight is 402 g/mol. The van der Waals surface area contributed by atoms with Crippen LogP contribution in [0.2, 0.25) is 0 Å². The minimum Gasteiger partial charge on any atom is -0.288 e. The number of hydrogen-bond acceptors (Lipinski definition) is 2. The van der Waals surface area contributed by atoms with Crippen LogP contribution >= 0.6 is 0 Å². The van der Waals surface area contributed by atoms with E-state index in [-0.39, 0.29) is 5.78 Å². The molecule has 3 heteroatoms. The lowest BCUT2D eigenvalue weighted by Gasteiger charge is -2.13. The smallest absolute Gasteiger partial charge is 0.196 e. The van der Waals surface area contributed by atoms with Crippen molar-refractivity contribution in [1.82, 2.24) is 9.78 Å². The quantitative estimate of drug-likeness (QED) is 0.320. The highest BCUT2D eigenvalue weighted by Gasteiger charge is 2.22. The van der Waals surface area contributed by atoms with E-state index in [2.05, 4.69) is 49.4 Å². The van der Waals surface area contributed by atoms with Crippen LogP contribution in [0, 0.1) is 13.8 Å². The topological polar surface area (TPSA) is 34.9 Å². The van der Waals surface area contributed by atoms with Crippen molar-refractivity contribution >= 4 is 16.6 Å². The third-order valence-corrected chi connectivity index (χ3v) is 5.65.